The first-order valence-electron chi connectivity index (χ1n) is 5.57. The maximum atomic E-state index is 5.96. The number of benzene rings is 1. The molecule has 0 fully saturated rings. The smallest absolute Gasteiger partial charge is 0.270 e. The molecule has 0 saturated carbocycles. The highest BCUT2D eigenvalue weighted by molar-refractivity contribution is 9.10. The van der Waals surface area contributed by atoms with Gasteiger partial charge in [0.25, 0.3) is 5.89 Å². The van der Waals surface area contributed by atoms with Gasteiger partial charge in [0.1, 0.15) is 4.88 Å². The highest BCUT2D eigenvalue weighted by Crippen LogP contribution is 2.32. The molecule has 102 valence electrons. The van der Waals surface area contributed by atoms with E-state index in [2.05, 4.69) is 31.1 Å². The molecular weight excluding hydrogens is 364 g/mol. The Morgan fingerprint density at radius 3 is 2.80 bits per heavy atom. The van der Waals surface area contributed by atoms with Gasteiger partial charge in [-0.3, -0.25) is 0 Å². The Balaban J connectivity index is 2.01. The third-order valence-electron chi connectivity index (χ3n) is 2.61. The van der Waals surface area contributed by atoms with Crippen LogP contribution in [0.1, 0.15) is 5.69 Å². The van der Waals surface area contributed by atoms with E-state index in [1.807, 2.05) is 19.1 Å². The molecule has 0 aliphatic carbocycles. The van der Waals surface area contributed by atoms with Gasteiger partial charge in [0.05, 0.1) is 10.7 Å². The molecule has 0 radical (unpaired) electrons. The molecule has 2 N–H and O–H groups in total. The van der Waals surface area contributed by atoms with Gasteiger partial charge in [-0.15, -0.1) is 0 Å². The second kappa shape index (κ2) is 5.16. The van der Waals surface area contributed by atoms with E-state index in [-0.39, 0.29) is 0 Å². The fraction of sp³-hybridized carbons (Fsp3) is 0.0833. The fourth-order valence-electron chi connectivity index (χ4n) is 1.68. The van der Waals surface area contributed by atoms with Crippen molar-refractivity contribution in [1.82, 2.24) is 15.1 Å². The standard InChI is InChI=1S/C12H8BrClN4OS/c1-5-9(20-12(15)16-5)11-17-10(18-19-11)6-2-3-8(14)7(13)4-6/h2-4H,1H3,(H2,15,16). The Bertz CT molecular complexity index is 786. The first-order valence-corrected chi connectivity index (χ1v) is 7.56. The molecule has 0 amide bonds. The summed E-state index contributed by atoms with van der Waals surface area (Å²) >= 11 is 10.7. The number of thiazole rings is 1. The maximum Gasteiger partial charge on any atom is 0.270 e. The number of aromatic nitrogens is 3. The number of hydrogen-bond donors (Lipinski definition) is 1. The van der Waals surface area contributed by atoms with Crippen LogP contribution in [0.4, 0.5) is 5.13 Å². The van der Waals surface area contributed by atoms with Crippen LogP contribution in [0, 0.1) is 6.92 Å². The van der Waals surface area contributed by atoms with Crippen LogP contribution in [-0.4, -0.2) is 15.1 Å². The van der Waals surface area contributed by atoms with Gasteiger partial charge in [-0.05, 0) is 41.1 Å². The molecule has 0 aliphatic heterocycles. The van der Waals surface area contributed by atoms with E-state index < -0.39 is 0 Å². The average Bonchev–Trinajstić information content (AvgIpc) is 2.99. The number of aryl methyl sites for hydroxylation is 1. The third-order valence-corrected chi connectivity index (χ3v) is 4.80. The summed E-state index contributed by atoms with van der Waals surface area (Å²) in [6.07, 6.45) is 0. The molecule has 2 aromatic heterocycles. The van der Waals surface area contributed by atoms with Crippen molar-refractivity contribution in [3.8, 4) is 22.2 Å². The van der Waals surface area contributed by atoms with Crippen molar-refractivity contribution < 1.29 is 4.52 Å². The van der Waals surface area contributed by atoms with Crippen LogP contribution in [0.25, 0.3) is 22.2 Å². The lowest BCUT2D eigenvalue weighted by Crippen LogP contribution is -1.82. The molecule has 0 saturated heterocycles. The molecule has 0 aliphatic rings. The molecule has 20 heavy (non-hydrogen) atoms. The number of nitrogens with zero attached hydrogens (tertiary/aromatic N) is 3. The van der Waals surface area contributed by atoms with E-state index in [4.69, 9.17) is 21.9 Å². The van der Waals surface area contributed by atoms with Crippen molar-refractivity contribution >= 4 is 44.0 Å². The Kier molecular flexibility index (Phi) is 3.49. The van der Waals surface area contributed by atoms with Gasteiger partial charge in [0, 0.05) is 10.0 Å². The van der Waals surface area contributed by atoms with Gasteiger partial charge in [-0.1, -0.05) is 28.1 Å². The van der Waals surface area contributed by atoms with Crippen LogP contribution in [0.2, 0.25) is 5.02 Å². The van der Waals surface area contributed by atoms with E-state index in [1.165, 1.54) is 11.3 Å². The predicted octanol–water partition coefficient (Wildman–Crippen LogP) is 4.17. The summed E-state index contributed by atoms with van der Waals surface area (Å²) in [6.45, 7) is 1.85. The predicted molar refractivity (Wildman–Crippen MR) is 82.7 cm³/mol. The summed E-state index contributed by atoms with van der Waals surface area (Å²) in [6, 6.07) is 5.44. The normalized spacial score (nSPS) is 10.9. The van der Waals surface area contributed by atoms with E-state index in [1.54, 1.807) is 6.07 Å². The van der Waals surface area contributed by atoms with Crippen molar-refractivity contribution in [3.63, 3.8) is 0 Å². The SMILES string of the molecule is Cc1nc(N)sc1-c1nc(-c2ccc(Cl)c(Br)c2)no1. The zero-order valence-corrected chi connectivity index (χ0v) is 13.4. The summed E-state index contributed by atoms with van der Waals surface area (Å²) in [5.74, 6) is 0.904. The van der Waals surface area contributed by atoms with Gasteiger partial charge in [-0.2, -0.15) is 4.98 Å². The fourth-order valence-corrected chi connectivity index (χ4v) is 2.94. The largest absolute Gasteiger partial charge is 0.375 e. The molecule has 0 atom stereocenters. The van der Waals surface area contributed by atoms with Gasteiger partial charge < -0.3 is 10.3 Å². The highest BCUT2D eigenvalue weighted by Gasteiger charge is 2.16. The van der Waals surface area contributed by atoms with Gasteiger partial charge in [-0.25, -0.2) is 4.98 Å². The molecule has 1 aromatic carbocycles. The van der Waals surface area contributed by atoms with Crippen LogP contribution in [0.3, 0.4) is 0 Å². The highest BCUT2D eigenvalue weighted by atomic mass is 79.9. The number of anilines is 1. The lowest BCUT2D eigenvalue weighted by Gasteiger charge is -1.97. The summed E-state index contributed by atoms with van der Waals surface area (Å²) in [4.78, 5) is 9.29. The van der Waals surface area contributed by atoms with Crippen molar-refractivity contribution in [2.45, 2.75) is 6.92 Å². The minimum atomic E-state index is 0.415. The van der Waals surface area contributed by atoms with Crippen molar-refractivity contribution in [1.29, 1.82) is 0 Å². The van der Waals surface area contributed by atoms with Gasteiger partial charge in [0.15, 0.2) is 5.13 Å². The Morgan fingerprint density at radius 1 is 1.35 bits per heavy atom. The van der Waals surface area contributed by atoms with Crippen LogP contribution < -0.4 is 5.73 Å². The molecule has 3 rings (SSSR count). The van der Waals surface area contributed by atoms with Gasteiger partial charge in [0.2, 0.25) is 5.82 Å². The molecule has 8 heteroatoms. The summed E-state index contributed by atoms with van der Waals surface area (Å²) in [7, 11) is 0. The van der Waals surface area contributed by atoms with Crippen LogP contribution in [0.5, 0.6) is 0 Å². The number of hydrogen-bond acceptors (Lipinski definition) is 6. The maximum absolute atomic E-state index is 5.96. The zero-order valence-electron chi connectivity index (χ0n) is 10.2. The number of nitrogen functional groups attached to an aromatic ring is 1. The summed E-state index contributed by atoms with van der Waals surface area (Å²) in [5, 5.41) is 5.08. The minimum Gasteiger partial charge on any atom is -0.375 e. The van der Waals surface area contributed by atoms with Crippen molar-refractivity contribution in [3.05, 3.63) is 33.4 Å². The monoisotopic (exact) mass is 370 g/mol. The first kappa shape index (κ1) is 13.5. The minimum absolute atomic E-state index is 0.415. The Morgan fingerprint density at radius 2 is 2.15 bits per heavy atom. The van der Waals surface area contributed by atoms with Gasteiger partial charge >= 0.3 is 0 Å². The van der Waals surface area contributed by atoms with Crippen molar-refractivity contribution in [2.75, 3.05) is 5.73 Å². The molecule has 5 nitrogen and oxygen atoms in total. The molecule has 0 spiro atoms. The zero-order chi connectivity index (χ0) is 14.3. The summed E-state index contributed by atoms with van der Waals surface area (Å²) < 4.78 is 6.05. The third kappa shape index (κ3) is 2.44. The number of nitrogens with two attached hydrogens (primary N) is 1. The second-order valence-electron chi connectivity index (χ2n) is 4.02. The van der Waals surface area contributed by atoms with Crippen LogP contribution >= 0.6 is 38.9 Å². The molecule has 3 aromatic rings. The Labute approximate surface area is 131 Å². The molecule has 0 unspecified atom stereocenters. The number of halogens is 2. The van der Waals surface area contributed by atoms with E-state index >= 15 is 0 Å². The quantitative estimate of drug-likeness (QED) is 0.731. The average molecular weight is 372 g/mol. The van der Waals surface area contributed by atoms with E-state index in [9.17, 15) is 0 Å². The lowest BCUT2D eigenvalue weighted by atomic mass is 10.2. The molecule has 0 bridgehead atoms. The first-order chi connectivity index (χ1) is 9.54. The topological polar surface area (TPSA) is 77.8 Å². The van der Waals surface area contributed by atoms with Crippen molar-refractivity contribution in [2.24, 2.45) is 0 Å². The Hall–Kier alpha value is -1.44. The summed E-state index contributed by atoms with van der Waals surface area (Å²) in [5.41, 5.74) is 7.26. The second-order valence-corrected chi connectivity index (χ2v) is 6.31. The van der Waals surface area contributed by atoms with E-state index in [0.29, 0.717) is 21.9 Å². The molecular formula is C12H8BrClN4OS. The van der Waals surface area contributed by atoms with Crippen LogP contribution in [0.15, 0.2) is 27.2 Å². The lowest BCUT2D eigenvalue weighted by molar-refractivity contribution is 0.433. The number of rotatable bonds is 2. The molecule has 2 heterocycles. The van der Waals surface area contributed by atoms with E-state index in [0.717, 1.165) is 20.6 Å². The van der Waals surface area contributed by atoms with Crippen LogP contribution in [-0.2, 0) is 0 Å².